The zero-order valence-electron chi connectivity index (χ0n) is 13.7. The Balaban J connectivity index is 1.74. The number of carbonyl (C=O) groups is 1. The predicted molar refractivity (Wildman–Crippen MR) is 94.7 cm³/mol. The van der Waals surface area contributed by atoms with Gasteiger partial charge in [-0.05, 0) is 40.6 Å². The van der Waals surface area contributed by atoms with Gasteiger partial charge in [0.15, 0.2) is 0 Å². The average molecular weight is 321 g/mol. The summed E-state index contributed by atoms with van der Waals surface area (Å²) in [5, 5.41) is 5.10. The molecule has 0 bridgehead atoms. The maximum Gasteiger partial charge on any atom is 0.251 e. The maximum absolute atomic E-state index is 12.4. The first-order valence-electron chi connectivity index (χ1n) is 7.68. The molecule has 0 aliphatic heterocycles. The number of hydrogen-bond acceptors (Lipinski definition) is 3. The number of methoxy groups -OCH3 is 2. The van der Waals surface area contributed by atoms with Crippen LogP contribution in [0.3, 0.4) is 0 Å². The van der Waals surface area contributed by atoms with E-state index in [9.17, 15) is 4.79 Å². The fourth-order valence-corrected chi connectivity index (χ4v) is 2.58. The van der Waals surface area contributed by atoms with Crippen molar-refractivity contribution >= 4 is 16.7 Å². The van der Waals surface area contributed by atoms with Crippen molar-refractivity contribution in [3.63, 3.8) is 0 Å². The van der Waals surface area contributed by atoms with Crippen LogP contribution in [0, 0.1) is 0 Å². The number of carbonyl (C=O) groups excluding carboxylic acids is 1. The van der Waals surface area contributed by atoms with E-state index in [1.807, 2.05) is 54.6 Å². The zero-order chi connectivity index (χ0) is 16.9. The largest absolute Gasteiger partial charge is 0.497 e. The standard InChI is InChI=1S/C20H19NO3/c1-23-18-9-14(10-19(12-18)24-2)13-21-20(22)17-8-7-15-5-3-4-6-16(15)11-17/h3-12H,13H2,1-2H3,(H,21,22). The van der Waals surface area contributed by atoms with Crippen molar-refractivity contribution in [2.45, 2.75) is 6.54 Å². The maximum atomic E-state index is 12.4. The molecular weight excluding hydrogens is 302 g/mol. The molecule has 0 aliphatic rings. The minimum Gasteiger partial charge on any atom is -0.497 e. The van der Waals surface area contributed by atoms with Gasteiger partial charge in [-0.15, -0.1) is 0 Å². The van der Waals surface area contributed by atoms with Gasteiger partial charge in [0.05, 0.1) is 14.2 Å². The summed E-state index contributed by atoms with van der Waals surface area (Å²) >= 11 is 0. The molecule has 1 amide bonds. The Bertz CT molecular complexity index is 851. The summed E-state index contributed by atoms with van der Waals surface area (Å²) in [4.78, 5) is 12.4. The predicted octanol–water partition coefficient (Wildman–Crippen LogP) is 3.79. The molecule has 3 aromatic carbocycles. The Labute approximate surface area is 141 Å². The van der Waals surface area contributed by atoms with Crippen LogP contribution in [0.2, 0.25) is 0 Å². The molecule has 0 aliphatic carbocycles. The average Bonchev–Trinajstić information content (AvgIpc) is 2.65. The van der Waals surface area contributed by atoms with Crippen molar-refractivity contribution in [1.82, 2.24) is 5.32 Å². The lowest BCUT2D eigenvalue weighted by Gasteiger charge is -2.10. The van der Waals surface area contributed by atoms with Crippen molar-refractivity contribution in [1.29, 1.82) is 0 Å². The number of hydrogen-bond donors (Lipinski definition) is 1. The molecule has 1 N–H and O–H groups in total. The lowest BCUT2D eigenvalue weighted by molar-refractivity contribution is 0.0951. The van der Waals surface area contributed by atoms with Gasteiger partial charge in [0.2, 0.25) is 0 Å². The first-order valence-corrected chi connectivity index (χ1v) is 7.68. The minimum atomic E-state index is -0.109. The Hall–Kier alpha value is -3.01. The Morgan fingerprint density at radius 1 is 0.875 bits per heavy atom. The van der Waals surface area contributed by atoms with E-state index < -0.39 is 0 Å². The lowest BCUT2D eigenvalue weighted by atomic mass is 10.1. The summed E-state index contributed by atoms with van der Waals surface area (Å²) in [6.45, 7) is 0.402. The highest BCUT2D eigenvalue weighted by molar-refractivity contribution is 5.98. The van der Waals surface area contributed by atoms with Gasteiger partial charge in [-0.2, -0.15) is 0 Å². The van der Waals surface area contributed by atoms with Crippen molar-refractivity contribution in [3.05, 3.63) is 71.8 Å². The SMILES string of the molecule is COc1cc(CNC(=O)c2ccc3ccccc3c2)cc(OC)c1. The van der Waals surface area contributed by atoms with Crippen LogP contribution in [0.25, 0.3) is 10.8 Å². The Morgan fingerprint density at radius 2 is 1.54 bits per heavy atom. The van der Waals surface area contributed by atoms with Crippen molar-refractivity contribution in [2.24, 2.45) is 0 Å². The van der Waals surface area contributed by atoms with E-state index in [1.165, 1.54) is 0 Å². The van der Waals surface area contributed by atoms with Crippen molar-refractivity contribution < 1.29 is 14.3 Å². The second-order valence-corrected chi connectivity index (χ2v) is 5.47. The molecule has 0 heterocycles. The molecule has 122 valence electrons. The summed E-state index contributed by atoms with van der Waals surface area (Å²) in [6.07, 6.45) is 0. The second kappa shape index (κ2) is 7.04. The monoisotopic (exact) mass is 321 g/mol. The Morgan fingerprint density at radius 3 is 2.21 bits per heavy atom. The fraction of sp³-hybridized carbons (Fsp3) is 0.150. The molecule has 0 spiro atoms. The molecule has 0 aromatic heterocycles. The molecule has 0 saturated carbocycles. The van der Waals surface area contributed by atoms with Crippen molar-refractivity contribution in [3.8, 4) is 11.5 Å². The molecular formula is C20H19NO3. The molecule has 0 radical (unpaired) electrons. The molecule has 3 aromatic rings. The highest BCUT2D eigenvalue weighted by Crippen LogP contribution is 2.22. The van der Waals surface area contributed by atoms with E-state index in [0.29, 0.717) is 23.6 Å². The summed E-state index contributed by atoms with van der Waals surface area (Å²) in [7, 11) is 3.21. The van der Waals surface area contributed by atoms with Crippen LogP contribution in [0.1, 0.15) is 15.9 Å². The van der Waals surface area contributed by atoms with Gasteiger partial charge >= 0.3 is 0 Å². The molecule has 0 fully saturated rings. The number of benzene rings is 3. The van der Waals surface area contributed by atoms with E-state index in [2.05, 4.69) is 5.32 Å². The molecule has 24 heavy (non-hydrogen) atoms. The van der Waals surface area contributed by atoms with Crippen LogP contribution in [0.15, 0.2) is 60.7 Å². The lowest BCUT2D eigenvalue weighted by Crippen LogP contribution is -2.22. The third-order valence-electron chi connectivity index (χ3n) is 3.88. The van der Waals surface area contributed by atoms with Gasteiger partial charge in [0, 0.05) is 18.2 Å². The van der Waals surface area contributed by atoms with Crippen LogP contribution in [-0.2, 0) is 6.54 Å². The summed E-state index contributed by atoms with van der Waals surface area (Å²) in [5.41, 5.74) is 1.56. The topological polar surface area (TPSA) is 47.6 Å². The van der Waals surface area contributed by atoms with Gasteiger partial charge in [0.25, 0.3) is 5.91 Å². The van der Waals surface area contributed by atoms with Crippen LogP contribution in [-0.4, -0.2) is 20.1 Å². The highest BCUT2D eigenvalue weighted by Gasteiger charge is 2.08. The molecule has 3 rings (SSSR count). The number of rotatable bonds is 5. The minimum absolute atomic E-state index is 0.109. The fourth-order valence-electron chi connectivity index (χ4n) is 2.58. The van der Waals surface area contributed by atoms with Crippen LogP contribution < -0.4 is 14.8 Å². The first-order chi connectivity index (χ1) is 11.7. The highest BCUT2D eigenvalue weighted by atomic mass is 16.5. The number of fused-ring (bicyclic) bond motifs is 1. The second-order valence-electron chi connectivity index (χ2n) is 5.47. The van der Waals surface area contributed by atoms with E-state index in [0.717, 1.165) is 16.3 Å². The third-order valence-corrected chi connectivity index (χ3v) is 3.88. The summed E-state index contributed by atoms with van der Waals surface area (Å²) in [6, 6.07) is 19.2. The van der Waals surface area contributed by atoms with E-state index in [4.69, 9.17) is 9.47 Å². The van der Waals surface area contributed by atoms with E-state index in [1.54, 1.807) is 20.3 Å². The van der Waals surface area contributed by atoms with Crippen LogP contribution in [0.5, 0.6) is 11.5 Å². The van der Waals surface area contributed by atoms with Gasteiger partial charge in [0.1, 0.15) is 11.5 Å². The van der Waals surface area contributed by atoms with Crippen LogP contribution in [0.4, 0.5) is 0 Å². The number of ether oxygens (including phenoxy) is 2. The zero-order valence-corrected chi connectivity index (χ0v) is 13.7. The van der Waals surface area contributed by atoms with Gasteiger partial charge in [-0.25, -0.2) is 0 Å². The number of nitrogens with one attached hydrogen (secondary N) is 1. The quantitative estimate of drug-likeness (QED) is 0.778. The smallest absolute Gasteiger partial charge is 0.251 e. The number of amides is 1. The molecule has 4 heteroatoms. The van der Waals surface area contributed by atoms with Gasteiger partial charge in [-0.1, -0.05) is 30.3 Å². The third kappa shape index (κ3) is 3.49. The molecule has 4 nitrogen and oxygen atoms in total. The van der Waals surface area contributed by atoms with Gasteiger partial charge in [-0.3, -0.25) is 4.79 Å². The van der Waals surface area contributed by atoms with E-state index in [-0.39, 0.29) is 5.91 Å². The van der Waals surface area contributed by atoms with Crippen LogP contribution >= 0.6 is 0 Å². The summed E-state index contributed by atoms with van der Waals surface area (Å²) in [5.74, 6) is 1.29. The molecule has 0 unspecified atom stereocenters. The Kier molecular flexibility index (Phi) is 4.66. The first kappa shape index (κ1) is 15.9. The normalized spacial score (nSPS) is 10.4. The van der Waals surface area contributed by atoms with Crippen molar-refractivity contribution in [2.75, 3.05) is 14.2 Å². The molecule has 0 saturated heterocycles. The molecule has 0 atom stereocenters. The van der Waals surface area contributed by atoms with E-state index >= 15 is 0 Å². The van der Waals surface area contributed by atoms with Gasteiger partial charge < -0.3 is 14.8 Å². The summed E-state index contributed by atoms with van der Waals surface area (Å²) < 4.78 is 10.5.